The molecule has 3 heterocycles. The quantitative estimate of drug-likeness (QED) is 0.129. The van der Waals surface area contributed by atoms with Crippen molar-refractivity contribution in [2.24, 2.45) is 0 Å². The molecule has 4 nitrogen and oxygen atoms in total. The smallest absolute Gasteiger partial charge is 0.164 e. The number of hydrogen-bond acceptors (Lipinski definition) is 4. The standard InChI is InChI=1S/C63H42N4S/c1-3-18-41(4-2)43-29-33-45(34-30-43)53-39-49(63-65-61(47-21-10-6-11-22-47)64-62(66-63)48-23-12-7-13-24-48)40-54(46-35-31-44(32-36-46)42-19-8-5-9-20-42)59(53)67-55-27-16-14-25-50(55)51-37-38-57-58(60(51)67)52-26-15-17-28-56(52)68-57/h3-40H,1-2H2/b41-18+. The molecule has 5 heteroatoms. The predicted molar refractivity (Wildman–Crippen MR) is 288 cm³/mol. The third-order valence-electron chi connectivity index (χ3n) is 12.8. The first kappa shape index (κ1) is 40.7. The molecule has 0 radical (unpaired) electrons. The zero-order chi connectivity index (χ0) is 45.6. The SMILES string of the molecule is C=C/C=C(\C=C)c1ccc(-c2cc(-c3nc(-c4ccccc4)nc(-c4ccccc4)n3)cc(-c3ccc(-c4ccccc4)cc3)c2-n2c3ccccc3c3ccc4sc5ccccc5c4c32)cc1. The Morgan fingerprint density at radius 3 is 1.53 bits per heavy atom. The normalized spacial score (nSPS) is 11.7. The van der Waals surface area contributed by atoms with Crippen LogP contribution in [0.4, 0.5) is 0 Å². The zero-order valence-corrected chi connectivity index (χ0v) is 37.9. The number of nitrogens with zero attached hydrogens (tertiary/aromatic N) is 4. The van der Waals surface area contributed by atoms with Crippen LogP contribution in [0.3, 0.4) is 0 Å². The Labute approximate surface area is 398 Å². The van der Waals surface area contributed by atoms with E-state index in [0.717, 1.165) is 66.8 Å². The van der Waals surface area contributed by atoms with E-state index in [1.54, 1.807) is 6.08 Å². The lowest BCUT2D eigenvalue weighted by Crippen LogP contribution is -2.04. The molecule has 0 aliphatic heterocycles. The number of aromatic nitrogens is 4. The van der Waals surface area contributed by atoms with Crippen molar-refractivity contribution in [3.63, 3.8) is 0 Å². The van der Waals surface area contributed by atoms with Gasteiger partial charge in [-0.25, -0.2) is 15.0 Å². The number of thiophene rings is 1. The number of allylic oxidation sites excluding steroid dienone is 4. The number of rotatable bonds is 10. The molecule has 320 valence electrons. The van der Waals surface area contributed by atoms with Gasteiger partial charge < -0.3 is 4.57 Å². The maximum atomic E-state index is 5.30. The number of hydrogen-bond donors (Lipinski definition) is 0. The fourth-order valence-electron chi connectivity index (χ4n) is 9.60. The highest BCUT2D eigenvalue weighted by Crippen LogP contribution is 2.48. The summed E-state index contributed by atoms with van der Waals surface area (Å²) in [5.74, 6) is 1.80. The van der Waals surface area contributed by atoms with E-state index in [1.165, 1.54) is 42.0 Å². The van der Waals surface area contributed by atoms with Gasteiger partial charge in [-0.2, -0.15) is 0 Å². The van der Waals surface area contributed by atoms with Crippen LogP contribution in [0, 0.1) is 0 Å². The second kappa shape index (κ2) is 17.2. The van der Waals surface area contributed by atoms with Gasteiger partial charge in [0.15, 0.2) is 17.5 Å². The van der Waals surface area contributed by atoms with Gasteiger partial charge in [-0.05, 0) is 63.7 Å². The maximum absolute atomic E-state index is 5.30. The summed E-state index contributed by atoms with van der Waals surface area (Å²) in [4.78, 5) is 15.7. The molecule has 0 unspecified atom stereocenters. The highest BCUT2D eigenvalue weighted by atomic mass is 32.1. The van der Waals surface area contributed by atoms with Gasteiger partial charge in [0.05, 0.1) is 16.7 Å². The Kier molecular flexibility index (Phi) is 10.3. The Bertz CT molecular complexity index is 3850. The molecule has 0 fully saturated rings. The van der Waals surface area contributed by atoms with Crippen LogP contribution in [0.5, 0.6) is 0 Å². The molecular formula is C63H42N4S. The van der Waals surface area contributed by atoms with Gasteiger partial charge in [0.25, 0.3) is 0 Å². The van der Waals surface area contributed by atoms with Gasteiger partial charge >= 0.3 is 0 Å². The molecule has 9 aromatic carbocycles. The van der Waals surface area contributed by atoms with E-state index in [2.05, 4.69) is 194 Å². The van der Waals surface area contributed by atoms with Crippen molar-refractivity contribution in [3.8, 4) is 73.2 Å². The van der Waals surface area contributed by atoms with Crippen molar-refractivity contribution in [1.82, 2.24) is 19.5 Å². The van der Waals surface area contributed by atoms with Crippen LogP contribution >= 0.6 is 11.3 Å². The number of benzene rings is 9. The molecule has 3 aromatic heterocycles. The Hall–Kier alpha value is -8.77. The van der Waals surface area contributed by atoms with Gasteiger partial charge in [-0.1, -0.05) is 213 Å². The summed E-state index contributed by atoms with van der Waals surface area (Å²) in [7, 11) is 0. The Morgan fingerprint density at radius 2 is 0.926 bits per heavy atom. The number of para-hydroxylation sites is 1. The van der Waals surface area contributed by atoms with Gasteiger partial charge in [0.2, 0.25) is 0 Å². The van der Waals surface area contributed by atoms with E-state index in [4.69, 9.17) is 15.0 Å². The third-order valence-corrected chi connectivity index (χ3v) is 14.0. The van der Waals surface area contributed by atoms with Gasteiger partial charge in [-0.15, -0.1) is 11.3 Å². The van der Waals surface area contributed by atoms with Crippen LogP contribution in [0.15, 0.2) is 244 Å². The summed E-state index contributed by atoms with van der Waals surface area (Å²) < 4.78 is 5.04. The highest BCUT2D eigenvalue weighted by molar-refractivity contribution is 7.26. The molecular weight excluding hydrogens is 845 g/mol. The molecule has 0 spiro atoms. The summed E-state index contributed by atoms with van der Waals surface area (Å²) in [5, 5.41) is 4.89. The second-order valence-electron chi connectivity index (χ2n) is 16.8. The van der Waals surface area contributed by atoms with Crippen LogP contribution in [0.25, 0.3) is 121 Å². The molecule has 0 aliphatic rings. The maximum Gasteiger partial charge on any atom is 0.164 e. The highest BCUT2D eigenvalue weighted by Gasteiger charge is 2.25. The molecule has 0 N–H and O–H groups in total. The van der Waals surface area contributed by atoms with E-state index in [9.17, 15) is 0 Å². The first-order chi connectivity index (χ1) is 33.6. The summed E-state index contributed by atoms with van der Waals surface area (Å²) >= 11 is 1.84. The van der Waals surface area contributed by atoms with Crippen molar-refractivity contribution < 1.29 is 0 Å². The van der Waals surface area contributed by atoms with Crippen LogP contribution in [0.1, 0.15) is 5.56 Å². The van der Waals surface area contributed by atoms with Gasteiger partial charge in [0.1, 0.15) is 0 Å². The third kappa shape index (κ3) is 7.14. The van der Waals surface area contributed by atoms with Gasteiger partial charge in [0, 0.05) is 58.8 Å². The van der Waals surface area contributed by atoms with Crippen molar-refractivity contribution in [2.45, 2.75) is 0 Å². The van der Waals surface area contributed by atoms with E-state index in [0.29, 0.717) is 17.5 Å². The predicted octanol–water partition coefficient (Wildman–Crippen LogP) is 17.1. The minimum Gasteiger partial charge on any atom is -0.307 e. The lowest BCUT2D eigenvalue weighted by atomic mass is 9.91. The molecule has 0 atom stereocenters. The molecule has 0 saturated carbocycles. The van der Waals surface area contributed by atoms with Crippen molar-refractivity contribution in [2.75, 3.05) is 0 Å². The summed E-state index contributed by atoms with van der Waals surface area (Å²) in [6, 6.07) is 75.5. The monoisotopic (exact) mass is 886 g/mol. The van der Waals surface area contributed by atoms with Crippen molar-refractivity contribution >= 4 is 58.9 Å². The lowest BCUT2D eigenvalue weighted by molar-refractivity contribution is 1.07. The minimum absolute atomic E-state index is 0.584. The molecule has 12 rings (SSSR count). The molecule has 0 saturated heterocycles. The van der Waals surface area contributed by atoms with E-state index in [1.807, 2.05) is 59.9 Å². The zero-order valence-electron chi connectivity index (χ0n) is 37.1. The summed E-state index contributed by atoms with van der Waals surface area (Å²) in [6.07, 6.45) is 5.68. The van der Waals surface area contributed by atoms with Crippen LogP contribution in [0.2, 0.25) is 0 Å². The topological polar surface area (TPSA) is 43.6 Å². The Balaban J connectivity index is 1.23. The van der Waals surface area contributed by atoms with Crippen molar-refractivity contribution in [1.29, 1.82) is 0 Å². The number of fused-ring (bicyclic) bond motifs is 7. The molecule has 0 aliphatic carbocycles. The van der Waals surface area contributed by atoms with Crippen molar-refractivity contribution in [3.05, 3.63) is 249 Å². The first-order valence-corrected chi connectivity index (χ1v) is 23.6. The fourth-order valence-corrected chi connectivity index (χ4v) is 10.7. The molecule has 0 bridgehead atoms. The van der Waals surface area contributed by atoms with Crippen LogP contribution in [-0.2, 0) is 0 Å². The van der Waals surface area contributed by atoms with Crippen LogP contribution in [-0.4, -0.2) is 19.5 Å². The minimum atomic E-state index is 0.584. The fraction of sp³-hybridized carbons (Fsp3) is 0. The largest absolute Gasteiger partial charge is 0.307 e. The van der Waals surface area contributed by atoms with Crippen LogP contribution < -0.4 is 0 Å². The van der Waals surface area contributed by atoms with Gasteiger partial charge in [-0.3, -0.25) is 0 Å². The van der Waals surface area contributed by atoms with E-state index < -0.39 is 0 Å². The molecule has 12 aromatic rings. The van der Waals surface area contributed by atoms with E-state index >= 15 is 0 Å². The first-order valence-electron chi connectivity index (χ1n) is 22.7. The second-order valence-corrected chi connectivity index (χ2v) is 17.9. The average Bonchev–Trinajstić information content (AvgIpc) is 3.96. The summed E-state index contributed by atoms with van der Waals surface area (Å²) in [5.41, 5.74) is 14.6. The Morgan fingerprint density at radius 1 is 0.426 bits per heavy atom. The lowest BCUT2D eigenvalue weighted by Gasteiger charge is -2.22. The molecule has 68 heavy (non-hydrogen) atoms. The summed E-state index contributed by atoms with van der Waals surface area (Å²) in [6.45, 7) is 8.09. The molecule has 0 amide bonds. The van der Waals surface area contributed by atoms with E-state index in [-0.39, 0.29) is 0 Å². The average molecular weight is 887 g/mol.